The Labute approximate surface area is 240 Å². The maximum atomic E-state index is 13.7. The first-order valence-electron chi connectivity index (χ1n) is 12.6. The lowest BCUT2D eigenvalue weighted by molar-refractivity contribution is 0.0954. The first kappa shape index (κ1) is 29.0. The molecule has 0 saturated carbocycles. The summed E-state index contributed by atoms with van der Waals surface area (Å²) in [5, 5.41) is 3.37. The van der Waals surface area contributed by atoms with Gasteiger partial charge in [0.2, 0.25) is 0 Å². The number of carbonyl (C=O) groups is 1. The number of ether oxygens (including phenoxy) is 2. The molecule has 0 aliphatic rings. The highest BCUT2D eigenvalue weighted by Gasteiger charge is 2.26. The molecule has 0 atom stereocenters. The zero-order valence-corrected chi connectivity index (χ0v) is 24.1. The van der Waals surface area contributed by atoms with E-state index in [1.54, 1.807) is 87.0 Å². The number of hydrogen-bond acceptors (Lipinski definition) is 5. The van der Waals surface area contributed by atoms with Crippen LogP contribution >= 0.6 is 11.6 Å². The molecule has 0 fully saturated rings. The number of aryl methyl sites for hydroxylation is 1. The summed E-state index contributed by atoms with van der Waals surface area (Å²) < 4.78 is 39.3. The highest BCUT2D eigenvalue weighted by molar-refractivity contribution is 7.92. The van der Waals surface area contributed by atoms with E-state index in [1.807, 2.05) is 25.1 Å². The summed E-state index contributed by atoms with van der Waals surface area (Å²) in [7, 11) is -0.720. The molecule has 0 aliphatic heterocycles. The van der Waals surface area contributed by atoms with E-state index in [9.17, 15) is 13.2 Å². The van der Waals surface area contributed by atoms with Gasteiger partial charge in [-0.25, -0.2) is 8.42 Å². The van der Waals surface area contributed by atoms with Crippen molar-refractivity contribution in [3.63, 3.8) is 0 Å². The number of halogens is 1. The molecule has 208 valence electrons. The Morgan fingerprint density at radius 3 is 2.20 bits per heavy atom. The second-order valence-electron chi connectivity index (χ2n) is 9.15. The number of nitrogens with one attached hydrogen (secondary N) is 1. The number of benzene rings is 4. The van der Waals surface area contributed by atoms with Crippen molar-refractivity contribution < 1.29 is 22.7 Å². The molecule has 0 bridgehead atoms. The van der Waals surface area contributed by atoms with Crippen LogP contribution in [0.3, 0.4) is 0 Å². The zero-order chi connectivity index (χ0) is 28.7. The van der Waals surface area contributed by atoms with Crippen LogP contribution in [0.5, 0.6) is 11.5 Å². The molecule has 1 amide bonds. The van der Waals surface area contributed by atoms with Crippen LogP contribution in [0.2, 0.25) is 5.02 Å². The van der Waals surface area contributed by atoms with Gasteiger partial charge in [-0.2, -0.15) is 0 Å². The highest BCUT2D eigenvalue weighted by atomic mass is 35.5. The van der Waals surface area contributed by atoms with Crippen LogP contribution in [0.4, 0.5) is 5.69 Å². The van der Waals surface area contributed by atoms with Gasteiger partial charge in [-0.05, 0) is 78.6 Å². The molecular weight excluding hydrogens is 548 g/mol. The third-order valence-electron chi connectivity index (χ3n) is 6.46. The smallest absolute Gasteiger partial charge is 0.264 e. The summed E-state index contributed by atoms with van der Waals surface area (Å²) in [4.78, 5) is 12.9. The topological polar surface area (TPSA) is 84.9 Å². The predicted molar refractivity (Wildman–Crippen MR) is 158 cm³/mol. The minimum Gasteiger partial charge on any atom is -0.493 e. The molecule has 1 N–H and O–H groups in total. The largest absolute Gasteiger partial charge is 0.493 e. The maximum Gasteiger partial charge on any atom is 0.264 e. The molecule has 0 radical (unpaired) electrons. The number of nitrogens with zero attached hydrogens (tertiary/aromatic N) is 1. The fourth-order valence-corrected chi connectivity index (χ4v) is 5.95. The third kappa shape index (κ3) is 6.76. The van der Waals surface area contributed by atoms with Crippen LogP contribution in [0, 0.1) is 6.92 Å². The zero-order valence-electron chi connectivity index (χ0n) is 22.6. The number of anilines is 1. The molecule has 9 heteroatoms. The lowest BCUT2D eigenvalue weighted by Crippen LogP contribution is -2.31. The number of sulfonamides is 1. The van der Waals surface area contributed by atoms with E-state index >= 15 is 0 Å². The second-order valence-corrected chi connectivity index (χ2v) is 11.4. The summed E-state index contributed by atoms with van der Waals surface area (Å²) >= 11 is 6.25. The Hall–Kier alpha value is -4.01. The monoisotopic (exact) mass is 578 g/mol. The molecule has 4 rings (SSSR count). The maximum absolute atomic E-state index is 13.7. The fraction of sp³-hybridized carbons (Fsp3) is 0.194. The fourth-order valence-electron chi connectivity index (χ4n) is 4.26. The molecule has 7 nitrogen and oxygen atoms in total. The van der Waals surface area contributed by atoms with Crippen molar-refractivity contribution >= 4 is 33.2 Å². The first-order chi connectivity index (χ1) is 19.2. The van der Waals surface area contributed by atoms with Crippen molar-refractivity contribution in [2.45, 2.75) is 24.8 Å². The minimum absolute atomic E-state index is 0.0691. The van der Waals surface area contributed by atoms with Crippen LogP contribution in [0.15, 0.2) is 95.9 Å². The van der Waals surface area contributed by atoms with Gasteiger partial charge in [0, 0.05) is 17.1 Å². The van der Waals surface area contributed by atoms with Crippen molar-refractivity contribution in [2.24, 2.45) is 0 Å². The van der Waals surface area contributed by atoms with Gasteiger partial charge in [0.15, 0.2) is 11.5 Å². The van der Waals surface area contributed by atoms with Crippen molar-refractivity contribution in [3.05, 3.63) is 118 Å². The van der Waals surface area contributed by atoms with Gasteiger partial charge < -0.3 is 14.8 Å². The highest BCUT2D eigenvalue weighted by Crippen LogP contribution is 2.31. The van der Waals surface area contributed by atoms with Crippen LogP contribution in [-0.2, 0) is 23.0 Å². The van der Waals surface area contributed by atoms with Crippen molar-refractivity contribution in [1.29, 1.82) is 0 Å². The summed E-state index contributed by atoms with van der Waals surface area (Å²) in [6.07, 6.45) is 0.621. The molecule has 0 saturated heterocycles. The number of carbonyl (C=O) groups excluding carboxylic acids is 1. The lowest BCUT2D eigenvalue weighted by Gasteiger charge is -2.26. The van der Waals surface area contributed by atoms with E-state index in [4.69, 9.17) is 21.1 Å². The Kier molecular flexibility index (Phi) is 9.34. The van der Waals surface area contributed by atoms with E-state index in [2.05, 4.69) is 5.32 Å². The van der Waals surface area contributed by atoms with E-state index in [0.29, 0.717) is 40.7 Å². The molecule has 0 aromatic heterocycles. The molecule has 0 unspecified atom stereocenters. The normalized spacial score (nSPS) is 11.1. The van der Waals surface area contributed by atoms with Gasteiger partial charge >= 0.3 is 0 Å². The summed E-state index contributed by atoms with van der Waals surface area (Å²) in [5.74, 6) is 1.07. The van der Waals surface area contributed by atoms with E-state index in [-0.39, 0.29) is 17.3 Å². The van der Waals surface area contributed by atoms with Crippen molar-refractivity contribution in [1.82, 2.24) is 5.32 Å². The average molecular weight is 579 g/mol. The average Bonchev–Trinajstić information content (AvgIpc) is 2.97. The van der Waals surface area contributed by atoms with Gasteiger partial charge in [0.05, 0.1) is 31.3 Å². The number of hydrogen-bond donors (Lipinski definition) is 1. The molecule has 0 spiro atoms. The molecule has 4 aromatic carbocycles. The van der Waals surface area contributed by atoms with Gasteiger partial charge in [0.1, 0.15) is 0 Å². The standard InChI is InChI=1S/C31H31ClN2O5S/c1-22-9-15-26(32)20-28(22)34(40(36,37)27-7-5-4-6-8-27)21-24-10-13-25(14-11-24)31(35)33-18-17-23-12-16-29(38-2)30(19-23)39-3/h4-16,19-20H,17-18,21H2,1-3H3,(H,33,35). The second kappa shape index (κ2) is 12.9. The van der Waals surface area contributed by atoms with Gasteiger partial charge in [-0.15, -0.1) is 0 Å². The van der Waals surface area contributed by atoms with E-state index in [0.717, 1.165) is 16.7 Å². The molecule has 4 aromatic rings. The van der Waals surface area contributed by atoms with E-state index in [1.165, 1.54) is 4.31 Å². The number of rotatable bonds is 11. The van der Waals surface area contributed by atoms with Gasteiger partial charge in [-0.3, -0.25) is 9.10 Å². The Morgan fingerprint density at radius 1 is 0.850 bits per heavy atom. The van der Waals surface area contributed by atoms with Gasteiger partial charge in [-0.1, -0.05) is 54.1 Å². The first-order valence-corrected chi connectivity index (χ1v) is 14.5. The van der Waals surface area contributed by atoms with Gasteiger partial charge in [0.25, 0.3) is 15.9 Å². The molecular formula is C31H31ClN2O5S. The minimum atomic E-state index is -3.89. The summed E-state index contributed by atoms with van der Waals surface area (Å²) in [5.41, 5.74) is 3.47. The Morgan fingerprint density at radius 2 is 1.52 bits per heavy atom. The summed E-state index contributed by atoms with van der Waals surface area (Å²) in [6.45, 7) is 2.35. The van der Waals surface area contributed by atoms with Crippen LogP contribution in [-0.4, -0.2) is 35.1 Å². The Bertz CT molecular complexity index is 1580. The van der Waals surface area contributed by atoms with Crippen LogP contribution in [0.25, 0.3) is 0 Å². The lowest BCUT2D eigenvalue weighted by atomic mass is 10.1. The summed E-state index contributed by atoms with van der Waals surface area (Å²) in [6, 6.07) is 26.0. The van der Waals surface area contributed by atoms with Crippen molar-refractivity contribution in [2.75, 3.05) is 25.1 Å². The van der Waals surface area contributed by atoms with Crippen LogP contribution in [0.1, 0.15) is 27.0 Å². The van der Waals surface area contributed by atoms with Crippen LogP contribution < -0.4 is 19.1 Å². The SMILES string of the molecule is COc1ccc(CCNC(=O)c2ccc(CN(c3cc(Cl)ccc3C)S(=O)(=O)c3ccccc3)cc2)cc1OC. The number of amides is 1. The van der Waals surface area contributed by atoms with E-state index < -0.39 is 10.0 Å². The Balaban J connectivity index is 1.48. The quantitative estimate of drug-likeness (QED) is 0.235. The van der Waals surface area contributed by atoms with Crippen molar-refractivity contribution in [3.8, 4) is 11.5 Å². The molecule has 40 heavy (non-hydrogen) atoms. The predicted octanol–water partition coefficient (Wildman–Crippen LogP) is 6.03. The third-order valence-corrected chi connectivity index (χ3v) is 8.47. The molecule has 0 heterocycles. The molecule has 0 aliphatic carbocycles. The number of methoxy groups -OCH3 is 2.